The van der Waals surface area contributed by atoms with Crippen molar-refractivity contribution in [1.82, 2.24) is 19.7 Å². The molecule has 0 unspecified atom stereocenters. The molecule has 29 heavy (non-hydrogen) atoms. The molecule has 0 atom stereocenters. The number of para-hydroxylation sites is 1. The second kappa shape index (κ2) is 9.43. The van der Waals surface area contributed by atoms with E-state index < -0.39 is 5.97 Å². The number of benzene rings is 1. The Kier molecular flexibility index (Phi) is 6.72. The number of allylic oxidation sites excluding steroid dienone is 1. The van der Waals surface area contributed by atoms with Crippen LogP contribution in [0.5, 0.6) is 0 Å². The Morgan fingerprint density at radius 1 is 1.24 bits per heavy atom. The maximum atomic E-state index is 12.7. The Bertz CT molecular complexity index is 943. The van der Waals surface area contributed by atoms with Gasteiger partial charge in [0, 0.05) is 37.3 Å². The van der Waals surface area contributed by atoms with Crippen molar-refractivity contribution in [1.29, 1.82) is 0 Å². The van der Waals surface area contributed by atoms with E-state index in [2.05, 4.69) is 10.2 Å². The topological polar surface area (TPSA) is 66.8 Å². The van der Waals surface area contributed by atoms with Crippen LogP contribution >= 0.6 is 0 Å². The van der Waals surface area contributed by atoms with Gasteiger partial charge in [0.1, 0.15) is 0 Å². The van der Waals surface area contributed by atoms with E-state index in [4.69, 9.17) is 4.74 Å². The first-order valence-electron chi connectivity index (χ1n) is 9.81. The monoisotopic (exact) mass is 396 g/mol. The first-order valence-corrected chi connectivity index (χ1v) is 9.81. The summed E-state index contributed by atoms with van der Waals surface area (Å²) in [5.41, 5.74) is 2.52. The Labute approximate surface area is 171 Å². The van der Waals surface area contributed by atoms with Gasteiger partial charge in [-0.2, -0.15) is 0 Å². The number of nitrogens with zero attached hydrogens (tertiary/aromatic N) is 3. The Morgan fingerprint density at radius 2 is 2.03 bits per heavy atom. The van der Waals surface area contributed by atoms with E-state index in [9.17, 15) is 9.59 Å². The number of fused-ring (bicyclic) bond motifs is 1. The first-order chi connectivity index (χ1) is 14.0. The molecule has 2 heterocycles. The summed E-state index contributed by atoms with van der Waals surface area (Å²) in [7, 11) is 4.05. The summed E-state index contributed by atoms with van der Waals surface area (Å²) in [5.74, 6) is -0.419. The van der Waals surface area contributed by atoms with Crippen LogP contribution in [0, 0.1) is 0 Å². The molecule has 0 saturated heterocycles. The van der Waals surface area contributed by atoms with Crippen LogP contribution < -0.4 is 5.32 Å². The number of ether oxygens (including phenoxy) is 1. The van der Waals surface area contributed by atoms with Crippen LogP contribution in [-0.4, -0.2) is 60.3 Å². The van der Waals surface area contributed by atoms with Crippen LogP contribution in [0.1, 0.15) is 18.9 Å². The fraction of sp³-hybridized carbons (Fsp3) is 0.364. The van der Waals surface area contributed by atoms with Gasteiger partial charge < -0.3 is 19.9 Å². The summed E-state index contributed by atoms with van der Waals surface area (Å²) in [6.07, 6.45) is 8.86. The molecular formula is C22H28N4O3. The molecule has 154 valence electrons. The molecular weight excluding hydrogens is 368 g/mol. The maximum absolute atomic E-state index is 12.7. The van der Waals surface area contributed by atoms with Gasteiger partial charge >= 0.3 is 12.0 Å². The van der Waals surface area contributed by atoms with E-state index in [1.54, 1.807) is 10.8 Å². The van der Waals surface area contributed by atoms with Crippen LogP contribution in [0.3, 0.4) is 0 Å². The van der Waals surface area contributed by atoms with E-state index in [1.807, 2.05) is 68.7 Å². The molecule has 1 aromatic carbocycles. The van der Waals surface area contributed by atoms with Crippen molar-refractivity contribution in [2.75, 3.05) is 33.9 Å². The summed E-state index contributed by atoms with van der Waals surface area (Å²) in [6.45, 7) is 3.50. The first kappa shape index (κ1) is 20.7. The predicted molar refractivity (Wildman–Crippen MR) is 113 cm³/mol. The lowest BCUT2D eigenvalue weighted by Crippen LogP contribution is -2.31. The van der Waals surface area contributed by atoms with Crippen LogP contribution in [0.15, 0.2) is 54.5 Å². The van der Waals surface area contributed by atoms with E-state index in [0.717, 1.165) is 36.0 Å². The molecule has 7 nitrogen and oxygen atoms in total. The Balaban J connectivity index is 1.63. The fourth-order valence-corrected chi connectivity index (χ4v) is 3.25. The zero-order valence-corrected chi connectivity index (χ0v) is 17.2. The van der Waals surface area contributed by atoms with Gasteiger partial charge in [-0.05, 0) is 45.3 Å². The number of carbonyl (C=O) groups excluding carboxylic acids is 2. The van der Waals surface area contributed by atoms with Gasteiger partial charge in [-0.15, -0.1) is 0 Å². The minimum absolute atomic E-state index is 0.176. The SMILES string of the molecule is CCN1C=CCC(C(=O)OCNC(=O)n2cc(CCN(C)C)c3ccccc32)=C1. The molecule has 1 N–H and O–H groups in total. The number of nitrogens with one attached hydrogen (secondary N) is 1. The van der Waals surface area contributed by atoms with Crippen molar-refractivity contribution in [2.24, 2.45) is 0 Å². The van der Waals surface area contributed by atoms with Crippen molar-refractivity contribution < 1.29 is 14.3 Å². The normalized spacial score (nSPS) is 13.7. The quantitative estimate of drug-likeness (QED) is 0.576. The second-order valence-electron chi connectivity index (χ2n) is 7.23. The molecule has 3 rings (SSSR count). The molecule has 1 aliphatic heterocycles. The highest BCUT2D eigenvalue weighted by atomic mass is 16.5. The van der Waals surface area contributed by atoms with Gasteiger partial charge in [0.25, 0.3) is 0 Å². The molecule has 1 aliphatic rings. The molecule has 0 fully saturated rings. The lowest BCUT2D eigenvalue weighted by atomic mass is 10.1. The zero-order chi connectivity index (χ0) is 20.8. The van der Waals surface area contributed by atoms with Crippen LogP contribution in [0.2, 0.25) is 0 Å². The van der Waals surface area contributed by atoms with Gasteiger partial charge in [-0.3, -0.25) is 4.57 Å². The van der Waals surface area contributed by atoms with Crippen molar-refractivity contribution in [3.63, 3.8) is 0 Å². The van der Waals surface area contributed by atoms with Crippen LogP contribution in [-0.2, 0) is 16.0 Å². The number of carbonyl (C=O) groups is 2. The number of hydrogen-bond acceptors (Lipinski definition) is 5. The fourth-order valence-electron chi connectivity index (χ4n) is 3.25. The summed E-state index contributed by atoms with van der Waals surface area (Å²) in [4.78, 5) is 28.9. The van der Waals surface area contributed by atoms with Crippen molar-refractivity contribution in [3.8, 4) is 0 Å². The smallest absolute Gasteiger partial charge is 0.337 e. The highest BCUT2D eigenvalue weighted by Crippen LogP contribution is 2.22. The molecule has 0 spiro atoms. The minimum Gasteiger partial charge on any atom is -0.441 e. The van der Waals surface area contributed by atoms with Gasteiger partial charge in [0.05, 0.1) is 11.1 Å². The average molecular weight is 396 g/mol. The predicted octanol–water partition coefficient (Wildman–Crippen LogP) is 2.93. The van der Waals surface area contributed by atoms with Gasteiger partial charge in [0.2, 0.25) is 0 Å². The van der Waals surface area contributed by atoms with Gasteiger partial charge in [-0.1, -0.05) is 24.3 Å². The third-order valence-electron chi connectivity index (χ3n) is 4.85. The average Bonchev–Trinajstić information content (AvgIpc) is 3.11. The second-order valence-corrected chi connectivity index (χ2v) is 7.23. The third-order valence-corrected chi connectivity index (χ3v) is 4.85. The molecule has 1 aromatic heterocycles. The van der Waals surface area contributed by atoms with E-state index in [1.165, 1.54) is 0 Å². The number of aromatic nitrogens is 1. The van der Waals surface area contributed by atoms with Crippen LogP contribution in [0.4, 0.5) is 4.79 Å². The van der Waals surface area contributed by atoms with Crippen LogP contribution in [0.25, 0.3) is 10.9 Å². The van der Waals surface area contributed by atoms with Gasteiger partial charge in [0.15, 0.2) is 6.73 Å². The third kappa shape index (κ3) is 5.06. The molecule has 0 bridgehead atoms. The lowest BCUT2D eigenvalue weighted by molar-refractivity contribution is -0.139. The summed E-state index contributed by atoms with van der Waals surface area (Å²) < 4.78 is 6.82. The largest absolute Gasteiger partial charge is 0.441 e. The molecule has 0 aliphatic carbocycles. The van der Waals surface area contributed by atoms with E-state index in [-0.39, 0.29) is 12.8 Å². The molecule has 1 amide bonds. The molecule has 0 radical (unpaired) electrons. The number of likely N-dealkylation sites (N-methyl/N-ethyl adjacent to an activating group) is 1. The van der Waals surface area contributed by atoms with Crippen molar-refractivity contribution in [3.05, 3.63) is 60.1 Å². The summed E-state index contributed by atoms with van der Waals surface area (Å²) in [5, 5.41) is 3.73. The standard InChI is InChI=1S/C22H28N4O3/c1-4-25-12-7-8-18(14-25)21(27)29-16-23-22(28)26-15-17(11-13-24(2)3)19-9-5-6-10-20(19)26/h5-7,9-10,12,14-15H,4,8,11,13,16H2,1-3H3,(H,23,28). The summed E-state index contributed by atoms with van der Waals surface area (Å²) >= 11 is 0. The van der Waals surface area contributed by atoms with Gasteiger partial charge in [-0.25, -0.2) is 9.59 Å². The number of hydrogen-bond donors (Lipinski definition) is 1. The highest BCUT2D eigenvalue weighted by Gasteiger charge is 2.16. The number of amides is 1. The molecule has 0 saturated carbocycles. The highest BCUT2D eigenvalue weighted by molar-refractivity contribution is 5.94. The minimum atomic E-state index is -0.419. The Morgan fingerprint density at radius 3 is 2.79 bits per heavy atom. The summed E-state index contributed by atoms with van der Waals surface area (Å²) in [6, 6.07) is 7.49. The maximum Gasteiger partial charge on any atom is 0.337 e. The van der Waals surface area contributed by atoms with Crippen molar-refractivity contribution >= 4 is 22.9 Å². The van der Waals surface area contributed by atoms with E-state index in [0.29, 0.717) is 12.0 Å². The lowest BCUT2D eigenvalue weighted by Gasteiger charge is -2.18. The molecule has 2 aromatic rings. The van der Waals surface area contributed by atoms with E-state index >= 15 is 0 Å². The molecule has 7 heteroatoms. The number of rotatable bonds is 7. The zero-order valence-electron chi connectivity index (χ0n) is 17.2. The van der Waals surface area contributed by atoms with Crippen molar-refractivity contribution in [2.45, 2.75) is 19.8 Å². The number of esters is 1. The Hall–Kier alpha value is -3.06.